The summed E-state index contributed by atoms with van der Waals surface area (Å²) in [5.41, 5.74) is -4.62. The van der Waals surface area contributed by atoms with Crippen molar-refractivity contribution in [3.05, 3.63) is 70.5 Å². The lowest BCUT2D eigenvalue weighted by atomic mass is 9.81. The van der Waals surface area contributed by atoms with E-state index in [9.17, 15) is 27.5 Å². The minimum Gasteiger partial charge on any atom is -0.478 e. The molecule has 2 aromatic carbocycles. The molecular weight excluding hydrogens is 340 g/mol. The maximum absolute atomic E-state index is 14.1. The second-order valence-corrected chi connectivity index (χ2v) is 5.65. The van der Waals surface area contributed by atoms with Gasteiger partial charge in [0.15, 0.2) is 0 Å². The fourth-order valence-electron chi connectivity index (χ4n) is 2.78. The molecule has 0 bridgehead atoms. The van der Waals surface area contributed by atoms with Crippen molar-refractivity contribution in [3.63, 3.8) is 0 Å². The molecule has 1 heterocycles. The summed E-state index contributed by atoms with van der Waals surface area (Å²) >= 11 is 0. The van der Waals surface area contributed by atoms with Crippen molar-refractivity contribution in [1.82, 2.24) is 0 Å². The lowest BCUT2D eigenvalue weighted by Crippen LogP contribution is -2.52. The summed E-state index contributed by atoms with van der Waals surface area (Å²) in [7, 11) is 0. The van der Waals surface area contributed by atoms with E-state index in [1.165, 1.54) is 25.1 Å². The van der Waals surface area contributed by atoms with Crippen molar-refractivity contribution in [2.45, 2.75) is 18.7 Å². The Morgan fingerprint density at radius 3 is 2.44 bits per heavy atom. The van der Waals surface area contributed by atoms with Crippen LogP contribution in [0.3, 0.4) is 0 Å². The molecule has 1 unspecified atom stereocenters. The van der Waals surface area contributed by atoms with Gasteiger partial charge in [0.05, 0.1) is 5.57 Å². The Labute approximate surface area is 140 Å². The van der Waals surface area contributed by atoms with Gasteiger partial charge in [-0.1, -0.05) is 30.3 Å². The second kappa shape index (κ2) is 5.61. The van der Waals surface area contributed by atoms with Crippen LogP contribution < -0.4 is 4.74 Å². The number of carboxylic acid groups (broad SMARTS) is 1. The fraction of sp³-hybridized carbons (Fsp3) is 0.167. The Morgan fingerprint density at radius 1 is 1.16 bits per heavy atom. The summed E-state index contributed by atoms with van der Waals surface area (Å²) in [6.07, 6.45) is -4.22. The van der Waals surface area contributed by atoms with Crippen LogP contribution in [-0.2, 0) is 10.4 Å². The van der Waals surface area contributed by atoms with E-state index < -0.39 is 34.7 Å². The van der Waals surface area contributed by atoms with Gasteiger partial charge in [-0.2, -0.15) is 13.2 Å². The maximum Gasteiger partial charge on any atom is 0.437 e. The van der Waals surface area contributed by atoms with E-state index in [-0.39, 0.29) is 16.9 Å². The highest BCUT2D eigenvalue weighted by Crippen LogP contribution is 2.51. The van der Waals surface area contributed by atoms with Gasteiger partial charge in [-0.15, -0.1) is 0 Å². The van der Waals surface area contributed by atoms with Crippen LogP contribution in [-0.4, -0.2) is 17.3 Å². The second-order valence-electron chi connectivity index (χ2n) is 5.65. The van der Waals surface area contributed by atoms with Crippen LogP contribution in [0.5, 0.6) is 5.75 Å². The first-order chi connectivity index (χ1) is 11.7. The zero-order valence-corrected chi connectivity index (χ0v) is 12.9. The molecule has 7 heteroatoms. The first-order valence-electron chi connectivity index (χ1n) is 7.23. The minimum absolute atomic E-state index is 0.134. The number of aliphatic carboxylic acids is 1. The highest BCUT2D eigenvalue weighted by Gasteiger charge is 2.64. The quantitative estimate of drug-likeness (QED) is 0.812. The third kappa shape index (κ3) is 2.56. The van der Waals surface area contributed by atoms with Crippen LogP contribution >= 0.6 is 0 Å². The largest absolute Gasteiger partial charge is 0.478 e. The van der Waals surface area contributed by atoms with Crippen LogP contribution in [0.25, 0.3) is 6.08 Å². The molecular formula is C18H12F4O3. The van der Waals surface area contributed by atoms with Crippen LogP contribution in [0.4, 0.5) is 17.6 Å². The van der Waals surface area contributed by atoms with Gasteiger partial charge in [0.2, 0.25) is 0 Å². The average Bonchev–Trinajstić information content (AvgIpc) is 2.54. The molecule has 0 amide bonds. The van der Waals surface area contributed by atoms with E-state index >= 15 is 0 Å². The van der Waals surface area contributed by atoms with Crippen molar-refractivity contribution >= 4 is 12.0 Å². The maximum atomic E-state index is 14.1. The first kappa shape index (κ1) is 17.0. The topological polar surface area (TPSA) is 46.5 Å². The molecule has 2 aromatic rings. The van der Waals surface area contributed by atoms with E-state index in [1.807, 2.05) is 0 Å². The zero-order chi connectivity index (χ0) is 18.4. The van der Waals surface area contributed by atoms with Gasteiger partial charge in [0.25, 0.3) is 5.60 Å². The fourth-order valence-corrected chi connectivity index (χ4v) is 2.78. The van der Waals surface area contributed by atoms with Crippen LogP contribution in [0, 0.1) is 12.7 Å². The van der Waals surface area contributed by atoms with Crippen LogP contribution in [0.15, 0.2) is 48.0 Å². The lowest BCUT2D eigenvalue weighted by molar-refractivity contribution is -0.240. The van der Waals surface area contributed by atoms with E-state index in [0.29, 0.717) is 6.07 Å². The smallest absolute Gasteiger partial charge is 0.437 e. The Balaban J connectivity index is 2.35. The first-order valence-corrected chi connectivity index (χ1v) is 7.23. The molecule has 0 aromatic heterocycles. The third-order valence-electron chi connectivity index (χ3n) is 4.07. The van der Waals surface area contributed by atoms with Crippen molar-refractivity contribution in [2.24, 2.45) is 0 Å². The molecule has 3 rings (SSSR count). The molecule has 1 N–H and O–H groups in total. The summed E-state index contributed by atoms with van der Waals surface area (Å²) in [6, 6.07) is 8.59. The van der Waals surface area contributed by atoms with Gasteiger partial charge in [-0.25, -0.2) is 9.18 Å². The van der Waals surface area contributed by atoms with Crippen molar-refractivity contribution in [3.8, 4) is 5.75 Å². The number of rotatable bonds is 2. The standard InChI is InChI=1S/C18H12F4O3/c1-10-6-7-12(9-14(10)19)17(18(20,21)22)13(16(23)24)8-11-4-2-3-5-15(11)25-17/h2-9H,1H3,(H,23,24). The molecule has 0 aliphatic carbocycles. The van der Waals surface area contributed by atoms with Crippen molar-refractivity contribution in [2.75, 3.05) is 0 Å². The number of aryl methyl sites for hydroxylation is 1. The molecule has 1 atom stereocenters. The lowest BCUT2D eigenvalue weighted by Gasteiger charge is -2.39. The number of halogens is 4. The Morgan fingerprint density at radius 2 is 1.84 bits per heavy atom. The van der Waals surface area contributed by atoms with E-state index in [2.05, 4.69) is 0 Å². The van der Waals surface area contributed by atoms with Crippen molar-refractivity contribution in [1.29, 1.82) is 0 Å². The van der Waals surface area contributed by atoms with Gasteiger partial charge in [0.1, 0.15) is 11.6 Å². The summed E-state index contributed by atoms with van der Waals surface area (Å²) in [5, 5.41) is 9.41. The van der Waals surface area contributed by atoms with Crippen LogP contribution in [0.1, 0.15) is 16.7 Å². The predicted molar refractivity (Wildman–Crippen MR) is 81.6 cm³/mol. The Kier molecular flexibility index (Phi) is 3.82. The van der Waals surface area contributed by atoms with Crippen LogP contribution in [0.2, 0.25) is 0 Å². The highest BCUT2D eigenvalue weighted by atomic mass is 19.4. The van der Waals surface area contributed by atoms with Gasteiger partial charge >= 0.3 is 12.1 Å². The number of ether oxygens (including phenoxy) is 1. The number of carboxylic acids is 1. The molecule has 130 valence electrons. The number of alkyl halides is 3. The predicted octanol–water partition coefficient (Wildman–Crippen LogP) is 4.45. The zero-order valence-electron chi connectivity index (χ0n) is 12.9. The highest BCUT2D eigenvalue weighted by molar-refractivity contribution is 5.96. The van der Waals surface area contributed by atoms with Gasteiger partial charge in [-0.05, 0) is 30.7 Å². The molecule has 0 fully saturated rings. The summed E-state index contributed by atoms with van der Waals surface area (Å²) in [6.45, 7) is 1.39. The molecule has 0 radical (unpaired) electrons. The number of carbonyl (C=O) groups is 1. The normalized spacial score (nSPS) is 19.6. The number of para-hydroxylation sites is 1. The van der Waals surface area contributed by atoms with Gasteiger partial charge in [0, 0.05) is 11.1 Å². The van der Waals surface area contributed by atoms with Gasteiger partial charge in [-0.3, -0.25) is 0 Å². The number of fused-ring (bicyclic) bond motifs is 1. The SMILES string of the molecule is Cc1ccc(C2(C(F)(F)F)Oc3ccccc3C=C2C(=O)O)cc1F. The van der Waals surface area contributed by atoms with E-state index in [1.54, 1.807) is 6.07 Å². The average molecular weight is 352 g/mol. The molecule has 1 aliphatic rings. The monoisotopic (exact) mass is 352 g/mol. The molecule has 1 aliphatic heterocycles. The Hall–Kier alpha value is -2.83. The summed E-state index contributed by atoms with van der Waals surface area (Å²) in [5.74, 6) is -2.81. The molecule has 0 spiro atoms. The third-order valence-corrected chi connectivity index (χ3v) is 4.07. The molecule has 25 heavy (non-hydrogen) atoms. The number of hydrogen-bond acceptors (Lipinski definition) is 2. The van der Waals surface area contributed by atoms with Crippen molar-refractivity contribution < 1.29 is 32.2 Å². The minimum atomic E-state index is -5.13. The summed E-state index contributed by atoms with van der Waals surface area (Å²) < 4.78 is 61.3. The van der Waals surface area contributed by atoms with E-state index in [4.69, 9.17) is 4.74 Å². The number of hydrogen-bond donors (Lipinski definition) is 1. The molecule has 3 nitrogen and oxygen atoms in total. The number of benzene rings is 2. The summed E-state index contributed by atoms with van der Waals surface area (Å²) in [4.78, 5) is 11.6. The van der Waals surface area contributed by atoms with Gasteiger partial charge < -0.3 is 9.84 Å². The Bertz CT molecular complexity index is 886. The molecule has 0 saturated heterocycles. The van der Waals surface area contributed by atoms with E-state index in [0.717, 1.165) is 18.2 Å². The molecule has 0 saturated carbocycles.